The molecular formula is C14H19BrN2S. The first kappa shape index (κ1) is 13.9. The molecule has 98 valence electrons. The molecule has 1 aromatic carbocycles. The second-order valence-electron chi connectivity index (χ2n) is 5.04. The van der Waals surface area contributed by atoms with E-state index in [2.05, 4.69) is 28.9 Å². The molecule has 1 aromatic rings. The van der Waals surface area contributed by atoms with Gasteiger partial charge in [-0.25, -0.2) is 0 Å². The van der Waals surface area contributed by atoms with Crippen LogP contribution in [-0.4, -0.2) is 11.1 Å². The summed E-state index contributed by atoms with van der Waals surface area (Å²) < 4.78 is 0.920. The Balaban J connectivity index is 2.18. The molecule has 2 nitrogen and oxygen atoms in total. The lowest BCUT2D eigenvalue weighted by atomic mass is 9.91. The van der Waals surface area contributed by atoms with Gasteiger partial charge in [-0.1, -0.05) is 25.8 Å². The molecule has 0 saturated heterocycles. The molecule has 0 radical (unpaired) electrons. The van der Waals surface area contributed by atoms with Gasteiger partial charge in [0.2, 0.25) is 0 Å². The van der Waals surface area contributed by atoms with E-state index >= 15 is 0 Å². The smallest absolute Gasteiger partial charge is 0.125 e. The lowest BCUT2D eigenvalue weighted by molar-refractivity contribution is 0.394. The molecule has 2 atom stereocenters. The third kappa shape index (κ3) is 3.29. The maximum atomic E-state index is 7.71. The zero-order valence-corrected chi connectivity index (χ0v) is 13.0. The van der Waals surface area contributed by atoms with E-state index in [1.807, 2.05) is 23.9 Å². The van der Waals surface area contributed by atoms with E-state index in [9.17, 15) is 0 Å². The van der Waals surface area contributed by atoms with Gasteiger partial charge in [-0.05, 0) is 46.8 Å². The van der Waals surface area contributed by atoms with Crippen molar-refractivity contribution in [3.8, 4) is 0 Å². The van der Waals surface area contributed by atoms with E-state index in [4.69, 9.17) is 11.1 Å². The predicted molar refractivity (Wildman–Crippen MR) is 82.4 cm³/mol. The van der Waals surface area contributed by atoms with Crippen LogP contribution in [0.2, 0.25) is 0 Å². The lowest BCUT2D eigenvalue weighted by Crippen LogP contribution is -2.17. The van der Waals surface area contributed by atoms with Crippen LogP contribution in [0.1, 0.15) is 38.2 Å². The maximum absolute atomic E-state index is 7.71. The summed E-state index contributed by atoms with van der Waals surface area (Å²) in [5.41, 5.74) is 6.54. The Labute approximate surface area is 121 Å². The van der Waals surface area contributed by atoms with Crippen molar-refractivity contribution in [3.63, 3.8) is 0 Å². The summed E-state index contributed by atoms with van der Waals surface area (Å²) >= 11 is 5.38. The number of rotatable bonds is 3. The van der Waals surface area contributed by atoms with Gasteiger partial charge < -0.3 is 5.73 Å². The van der Waals surface area contributed by atoms with E-state index in [-0.39, 0.29) is 5.84 Å². The van der Waals surface area contributed by atoms with E-state index in [1.165, 1.54) is 25.7 Å². The van der Waals surface area contributed by atoms with Crippen LogP contribution in [0.4, 0.5) is 0 Å². The minimum absolute atomic E-state index is 0.147. The molecule has 2 unspecified atom stereocenters. The first-order valence-electron chi connectivity index (χ1n) is 6.37. The van der Waals surface area contributed by atoms with Gasteiger partial charge >= 0.3 is 0 Å². The molecule has 0 aromatic heterocycles. The Bertz CT molecular complexity index is 447. The summed E-state index contributed by atoms with van der Waals surface area (Å²) in [6.07, 6.45) is 5.23. The van der Waals surface area contributed by atoms with Crippen LogP contribution in [-0.2, 0) is 0 Å². The molecule has 0 spiro atoms. The number of amidine groups is 1. The van der Waals surface area contributed by atoms with Crippen molar-refractivity contribution >= 4 is 33.5 Å². The van der Waals surface area contributed by atoms with Gasteiger partial charge in [0.15, 0.2) is 0 Å². The third-order valence-electron chi connectivity index (χ3n) is 3.43. The Morgan fingerprint density at radius 1 is 1.44 bits per heavy atom. The third-order valence-corrected chi connectivity index (χ3v) is 5.44. The van der Waals surface area contributed by atoms with Crippen molar-refractivity contribution in [1.29, 1.82) is 5.41 Å². The molecule has 3 N–H and O–H groups in total. The summed E-state index contributed by atoms with van der Waals surface area (Å²) in [6.45, 7) is 2.33. The molecule has 0 aliphatic heterocycles. The average molecular weight is 327 g/mol. The van der Waals surface area contributed by atoms with Gasteiger partial charge in [0.05, 0.1) is 0 Å². The van der Waals surface area contributed by atoms with Gasteiger partial charge in [-0.3, -0.25) is 5.41 Å². The highest BCUT2D eigenvalue weighted by atomic mass is 79.9. The number of nitrogens with one attached hydrogen (secondary N) is 1. The number of nitrogens with two attached hydrogens (primary N) is 1. The Morgan fingerprint density at radius 3 is 2.89 bits per heavy atom. The molecule has 0 amide bonds. The number of benzene rings is 1. The number of hydrogen-bond donors (Lipinski definition) is 2. The summed E-state index contributed by atoms with van der Waals surface area (Å²) in [7, 11) is 0. The molecular weight excluding hydrogens is 308 g/mol. The molecule has 1 saturated carbocycles. The van der Waals surface area contributed by atoms with E-state index in [0.717, 1.165) is 20.8 Å². The number of halogens is 1. The van der Waals surface area contributed by atoms with Crippen molar-refractivity contribution < 1.29 is 0 Å². The largest absolute Gasteiger partial charge is 0.384 e. The maximum Gasteiger partial charge on any atom is 0.125 e. The normalized spacial score (nSPS) is 23.9. The van der Waals surface area contributed by atoms with Gasteiger partial charge in [0.25, 0.3) is 0 Å². The fraction of sp³-hybridized carbons (Fsp3) is 0.500. The fourth-order valence-corrected chi connectivity index (χ4v) is 4.80. The molecule has 1 aliphatic carbocycles. The van der Waals surface area contributed by atoms with Crippen LogP contribution in [0, 0.1) is 11.3 Å². The second kappa shape index (κ2) is 6.11. The predicted octanol–water partition coefficient (Wildman–Crippen LogP) is 4.40. The SMILES string of the molecule is CC1CCCC(Sc2cccc(Br)c2C(=N)N)C1. The molecule has 4 heteroatoms. The number of hydrogen-bond acceptors (Lipinski definition) is 2. The molecule has 0 bridgehead atoms. The van der Waals surface area contributed by atoms with Gasteiger partial charge in [0, 0.05) is 20.2 Å². The van der Waals surface area contributed by atoms with Crippen LogP contribution in [0.15, 0.2) is 27.6 Å². The zero-order valence-electron chi connectivity index (χ0n) is 10.6. The highest BCUT2D eigenvalue weighted by Gasteiger charge is 2.21. The van der Waals surface area contributed by atoms with Crippen LogP contribution < -0.4 is 5.73 Å². The highest BCUT2D eigenvalue weighted by molar-refractivity contribution is 9.10. The monoisotopic (exact) mass is 326 g/mol. The van der Waals surface area contributed by atoms with Gasteiger partial charge in [0.1, 0.15) is 5.84 Å². The van der Waals surface area contributed by atoms with E-state index < -0.39 is 0 Å². The average Bonchev–Trinajstić information content (AvgIpc) is 2.28. The van der Waals surface area contributed by atoms with Crippen LogP contribution in [0.5, 0.6) is 0 Å². The number of nitrogen functional groups attached to an aromatic ring is 1. The van der Waals surface area contributed by atoms with Gasteiger partial charge in [-0.2, -0.15) is 0 Å². The van der Waals surface area contributed by atoms with E-state index in [1.54, 1.807) is 0 Å². The molecule has 0 heterocycles. The molecule has 1 fully saturated rings. The standard InChI is InChI=1S/C14H19BrN2S/c1-9-4-2-5-10(8-9)18-12-7-3-6-11(15)13(12)14(16)17/h3,6-7,9-10H,2,4-5,8H2,1H3,(H3,16,17). The fourth-order valence-electron chi connectivity index (χ4n) is 2.53. The first-order valence-corrected chi connectivity index (χ1v) is 8.04. The molecule has 1 aliphatic rings. The Kier molecular flexibility index (Phi) is 4.73. The lowest BCUT2D eigenvalue weighted by Gasteiger charge is -2.26. The summed E-state index contributed by atoms with van der Waals surface area (Å²) in [6, 6.07) is 6.04. The summed E-state index contributed by atoms with van der Waals surface area (Å²) in [5, 5.41) is 8.38. The van der Waals surface area contributed by atoms with Crippen LogP contribution in [0.3, 0.4) is 0 Å². The van der Waals surface area contributed by atoms with Crippen LogP contribution in [0.25, 0.3) is 0 Å². The van der Waals surface area contributed by atoms with Crippen molar-refractivity contribution in [2.45, 2.75) is 42.8 Å². The van der Waals surface area contributed by atoms with E-state index in [0.29, 0.717) is 5.25 Å². The Hall–Kier alpha value is -0.480. The Morgan fingerprint density at radius 2 is 2.22 bits per heavy atom. The first-order chi connectivity index (χ1) is 8.58. The van der Waals surface area contributed by atoms with Crippen molar-refractivity contribution in [2.75, 3.05) is 0 Å². The second-order valence-corrected chi connectivity index (χ2v) is 7.23. The molecule has 18 heavy (non-hydrogen) atoms. The minimum Gasteiger partial charge on any atom is -0.384 e. The summed E-state index contributed by atoms with van der Waals surface area (Å²) in [5.74, 6) is 0.970. The van der Waals surface area contributed by atoms with Crippen molar-refractivity contribution in [2.24, 2.45) is 11.7 Å². The quantitative estimate of drug-likeness (QED) is 0.638. The number of thioether (sulfide) groups is 1. The van der Waals surface area contributed by atoms with Gasteiger partial charge in [-0.15, -0.1) is 11.8 Å². The zero-order chi connectivity index (χ0) is 13.1. The topological polar surface area (TPSA) is 49.9 Å². The van der Waals surface area contributed by atoms with Crippen molar-refractivity contribution in [3.05, 3.63) is 28.2 Å². The minimum atomic E-state index is 0.147. The summed E-state index contributed by atoms with van der Waals surface area (Å²) in [4.78, 5) is 1.14. The van der Waals surface area contributed by atoms with Crippen LogP contribution >= 0.6 is 27.7 Å². The molecule has 2 rings (SSSR count). The van der Waals surface area contributed by atoms with Crippen molar-refractivity contribution in [1.82, 2.24) is 0 Å². The highest BCUT2D eigenvalue weighted by Crippen LogP contribution is 2.38.